The zero-order valence-electron chi connectivity index (χ0n) is 17.3. The molecule has 31 heavy (non-hydrogen) atoms. The van der Waals surface area contributed by atoms with E-state index in [0.717, 1.165) is 0 Å². The minimum absolute atomic E-state index is 0.00798. The Kier molecular flexibility index (Phi) is 6.08. The molecule has 0 spiro atoms. The molecular formula is C23H24FN5O2. The fourth-order valence-corrected chi connectivity index (χ4v) is 3.66. The van der Waals surface area contributed by atoms with E-state index in [1.54, 1.807) is 59.4 Å². The lowest BCUT2D eigenvalue weighted by molar-refractivity contribution is -0.117. The van der Waals surface area contributed by atoms with Crippen LogP contribution in [-0.2, 0) is 4.79 Å². The number of benzene rings is 2. The van der Waals surface area contributed by atoms with Gasteiger partial charge in [0.15, 0.2) is 5.78 Å². The number of carbonyl (C=O) groups excluding carboxylic acids is 2. The van der Waals surface area contributed by atoms with Crippen molar-refractivity contribution in [1.29, 1.82) is 0 Å². The number of aromatic nitrogens is 2. The molecule has 8 heteroatoms. The summed E-state index contributed by atoms with van der Waals surface area (Å²) in [7, 11) is 0. The first-order chi connectivity index (χ1) is 15.0. The van der Waals surface area contributed by atoms with Crippen molar-refractivity contribution in [3.63, 3.8) is 0 Å². The van der Waals surface area contributed by atoms with E-state index in [4.69, 9.17) is 0 Å². The summed E-state index contributed by atoms with van der Waals surface area (Å²) in [6.07, 6.45) is 3.42. The van der Waals surface area contributed by atoms with Gasteiger partial charge in [-0.1, -0.05) is 12.1 Å². The first-order valence-corrected chi connectivity index (χ1v) is 10.2. The van der Waals surface area contributed by atoms with Gasteiger partial charge in [-0.3, -0.25) is 19.1 Å². The van der Waals surface area contributed by atoms with Crippen molar-refractivity contribution in [3.8, 4) is 5.69 Å². The Morgan fingerprint density at radius 2 is 1.74 bits per heavy atom. The summed E-state index contributed by atoms with van der Waals surface area (Å²) >= 11 is 0. The molecule has 1 aromatic heterocycles. The smallest absolute Gasteiger partial charge is 0.238 e. The average molecular weight is 421 g/mol. The van der Waals surface area contributed by atoms with E-state index in [2.05, 4.69) is 20.1 Å². The third kappa shape index (κ3) is 4.80. The number of hydrogen-bond donors (Lipinski definition) is 1. The zero-order valence-corrected chi connectivity index (χ0v) is 17.3. The third-order valence-corrected chi connectivity index (χ3v) is 5.33. The van der Waals surface area contributed by atoms with Crippen LogP contribution in [0, 0.1) is 5.82 Å². The first-order valence-electron chi connectivity index (χ1n) is 10.2. The number of para-hydroxylation sites is 1. The fourth-order valence-electron chi connectivity index (χ4n) is 3.66. The number of nitrogens with one attached hydrogen (secondary N) is 1. The number of imidazole rings is 1. The van der Waals surface area contributed by atoms with Crippen LogP contribution in [0.1, 0.15) is 17.3 Å². The van der Waals surface area contributed by atoms with Gasteiger partial charge in [0.2, 0.25) is 11.9 Å². The topological polar surface area (TPSA) is 70.5 Å². The highest BCUT2D eigenvalue weighted by molar-refractivity contribution is 5.96. The molecule has 4 rings (SSSR count). The van der Waals surface area contributed by atoms with Crippen LogP contribution in [0.4, 0.5) is 16.0 Å². The Hall–Kier alpha value is -3.52. The summed E-state index contributed by atoms with van der Waals surface area (Å²) in [4.78, 5) is 32.3. The van der Waals surface area contributed by atoms with Crippen LogP contribution in [0.25, 0.3) is 5.69 Å². The lowest BCUT2D eigenvalue weighted by atomic mass is 10.1. The van der Waals surface area contributed by atoms with Crippen molar-refractivity contribution in [2.75, 3.05) is 42.9 Å². The van der Waals surface area contributed by atoms with Gasteiger partial charge >= 0.3 is 0 Å². The van der Waals surface area contributed by atoms with Crippen molar-refractivity contribution in [1.82, 2.24) is 14.5 Å². The molecule has 1 aliphatic heterocycles. The summed E-state index contributed by atoms with van der Waals surface area (Å²) in [5.74, 6) is 0.288. The minimum Gasteiger partial charge on any atom is -0.339 e. The van der Waals surface area contributed by atoms with Crippen LogP contribution in [0.2, 0.25) is 0 Å². The molecule has 1 aliphatic rings. The number of piperazine rings is 1. The van der Waals surface area contributed by atoms with Crippen LogP contribution in [0.3, 0.4) is 0 Å². The van der Waals surface area contributed by atoms with E-state index in [-0.39, 0.29) is 24.1 Å². The van der Waals surface area contributed by atoms with Gasteiger partial charge in [-0.2, -0.15) is 0 Å². The molecule has 2 aromatic carbocycles. The molecule has 160 valence electrons. The SMILES string of the molecule is CC(=O)c1ccc(NC(=O)CN2CCN(c3nccn3-c3ccccc3F)CC2)cc1. The number of rotatable bonds is 6. The van der Waals surface area contributed by atoms with Gasteiger partial charge in [0.1, 0.15) is 5.82 Å². The Balaban J connectivity index is 1.32. The highest BCUT2D eigenvalue weighted by atomic mass is 19.1. The number of ketones is 1. The van der Waals surface area contributed by atoms with E-state index in [9.17, 15) is 14.0 Å². The van der Waals surface area contributed by atoms with E-state index >= 15 is 0 Å². The van der Waals surface area contributed by atoms with Gasteiger partial charge in [0, 0.05) is 49.8 Å². The normalized spacial score (nSPS) is 14.5. The molecular weight excluding hydrogens is 397 g/mol. The maximum atomic E-state index is 14.2. The second-order valence-electron chi connectivity index (χ2n) is 7.49. The lowest BCUT2D eigenvalue weighted by Crippen LogP contribution is -2.49. The summed E-state index contributed by atoms with van der Waals surface area (Å²) in [5, 5.41) is 2.87. The quantitative estimate of drug-likeness (QED) is 0.620. The molecule has 1 N–H and O–H groups in total. The number of Topliss-reactive ketones (excluding diaryl/α,β-unsaturated/α-hetero) is 1. The summed E-state index contributed by atoms with van der Waals surface area (Å²) in [6, 6.07) is 13.5. The van der Waals surface area contributed by atoms with Crippen LogP contribution in [0.5, 0.6) is 0 Å². The molecule has 0 radical (unpaired) electrons. The molecule has 7 nitrogen and oxygen atoms in total. The molecule has 1 fully saturated rings. The second kappa shape index (κ2) is 9.09. The maximum absolute atomic E-state index is 14.2. The van der Waals surface area contributed by atoms with Crippen molar-refractivity contribution < 1.29 is 14.0 Å². The van der Waals surface area contributed by atoms with Crippen LogP contribution in [0.15, 0.2) is 60.9 Å². The highest BCUT2D eigenvalue weighted by Crippen LogP contribution is 2.21. The largest absolute Gasteiger partial charge is 0.339 e. The molecule has 0 saturated carbocycles. The zero-order chi connectivity index (χ0) is 21.8. The molecule has 1 amide bonds. The standard InChI is InChI=1S/C23H24FN5O2/c1-17(30)18-6-8-19(9-7-18)26-22(31)16-27-12-14-28(15-13-27)23-25-10-11-29(23)21-5-3-2-4-20(21)24/h2-11H,12-16H2,1H3,(H,26,31). The molecule has 0 bridgehead atoms. The Bertz CT molecular complexity index is 1070. The van der Waals surface area contributed by atoms with E-state index < -0.39 is 0 Å². The molecule has 0 unspecified atom stereocenters. The van der Waals surface area contributed by atoms with Crippen LogP contribution < -0.4 is 10.2 Å². The van der Waals surface area contributed by atoms with E-state index in [0.29, 0.717) is 49.1 Å². The number of carbonyl (C=O) groups is 2. The Morgan fingerprint density at radius 1 is 1.03 bits per heavy atom. The van der Waals surface area contributed by atoms with Crippen LogP contribution >= 0.6 is 0 Å². The lowest BCUT2D eigenvalue weighted by Gasteiger charge is -2.35. The van der Waals surface area contributed by atoms with Gasteiger partial charge in [-0.25, -0.2) is 9.37 Å². The van der Waals surface area contributed by atoms with Crippen LogP contribution in [-0.4, -0.2) is 58.9 Å². The second-order valence-corrected chi connectivity index (χ2v) is 7.49. The molecule has 0 atom stereocenters. The maximum Gasteiger partial charge on any atom is 0.238 e. The van der Waals surface area contributed by atoms with Crippen molar-refractivity contribution in [2.24, 2.45) is 0 Å². The van der Waals surface area contributed by atoms with Gasteiger partial charge < -0.3 is 10.2 Å². The Morgan fingerprint density at radius 3 is 2.42 bits per heavy atom. The van der Waals surface area contributed by atoms with Crippen molar-refractivity contribution in [2.45, 2.75) is 6.92 Å². The van der Waals surface area contributed by atoms with E-state index in [1.165, 1.54) is 13.0 Å². The number of halogens is 1. The number of anilines is 2. The van der Waals surface area contributed by atoms with E-state index in [1.807, 2.05) is 0 Å². The van der Waals surface area contributed by atoms with Gasteiger partial charge in [0.05, 0.1) is 12.2 Å². The minimum atomic E-state index is -0.298. The predicted octanol–water partition coefficient (Wildman–Crippen LogP) is 2.97. The molecule has 0 aliphatic carbocycles. The summed E-state index contributed by atoms with van der Waals surface area (Å²) < 4.78 is 16.0. The number of amides is 1. The Labute approximate surface area is 180 Å². The fraction of sp³-hybridized carbons (Fsp3) is 0.261. The van der Waals surface area contributed by atoms with Gasteiger partial charge in [-0.05, 0) is 43.3 Å². The molecule has 2 heterocycles. The summed E-state index contributed by atoms with van der Waals surface area (Å²) in [5.41, 5.74) is 1.75. The van der Waals surface area contributed by atoms with Gasteiger partial charge in [0.25, 0.3) is 0 Å². The monoisotopic (exact) mass is 421 g/mol. The van der Waals surface area contributed by atoms with Crippen molar-refractivity contribution >= 4 is 23.3 Å². The summed E-state index contributed by atoms with van der Waals surface area (Å²) in [6.45, 7) is 4.56. The first kappa shape index (κ1) is 20.7. The highest BCUT2D eigenvalue weighted by Gasteiger charge is 2.23. The molecule has 3 aromatic rings. The molecule has 1 saturated heterocycles. The average Bonchev–Trinajstić information content (AvgIpc) is 3.24. The van der Waals surface area contributed by atoms with Crippen molar-refractivity contribution in [3.05, 3.63) is 72.3 Å². The predicted molar refractivity (Wildman–Crippen MR) is 117 cm³/mol. The number of hydrogen-bond acceptors (Lipinski definition) is 5. The third-order valence-electron chi connectivity index (χ3n) is 5.33. The van der Waals surface area contributed by atoms with Gasteiger partial charge in [-0.15, -0.1) is 0 Å². The number of nitrogens with zero attached hydrogens (tertiary/aromatic N) is 4.